The zero-order valence-corrected chi connectivity index (χ0v) is 17.0. The van der Waals surface area contributed by atoms with E-state index in [1.807, 2.05) is 25.1 Å². The molecule has 4 nitrogen and oxygen atoms in total. The van der Waals surface area contributed by atoms with Crippen LogP contribution in [-0.4, -0.2) is 16.7 Å². The smallest absolute Gasteiger partial charge is 0.244 e. The molecule has 3 rings (SSSR count). The molecule has 0 fully saturated rings. The Balaban J connectivity index is 1.64. The summed E-state index contributed by atoms with van der Waals surface area (Å²) in [5.41, 5.74) is 10.6. The summed E-state index contributed by atoms with van der Waals surface area (Å²) in [6.07, 6.45) is 2.06. The predicted octanol–water partition coefficient (Wildman–Crippen LogP) is 4.46. The van der Waals surface area contributed by atoms with Gasteiger partial charge in [-0.25, -0.2) is 5.43 Å². The van der Waals surface area contributed by atoms with Crippen molar-refractivity contribution in [3.63, 3.8) is 0 Å². The van der Waals surface area contributed by atoms with Crippen LogP contribution in [0, 0.1) is 27.7 Å². The Kier molecular flexibility index (Phi) is 6.09. The Bertz CT molecular complexity index is 1000. The van der Waals surface area contributed by atoms with Gasteiger partial charge in [0.15, 0.2) is 0 Å². The average molecular weight is 374 g/mol. The number of carbonyl (C=O) groups excluding carboxylic acids is 1. The van der Waals surface area contributed by atoms with Crippen molar-refractivity contribution in [3.05, 3.63) is 93.8 Å². The number of rotatable bonds is 6. The zero-order valence-electron chi connectivity index (χ0n) is 17.0. The van der Waals surface area contributed by atoms with Crippen molar-refractivity contribution in [1.29, 1.82) is 0 Å². The molecule has 0 bridgehead atoms. The molecule has 1 N–H and O–H groups in total. The molecule has 0 saturated heterocycles. The highest BCUT2D eigenvalue weighted by atomic mass is 16.2. The molecule has 1 heterocycles. The van der Waals surface area contributed by atoms with Crippen molar-refractivity contribution in [3.8, 4) is 0 Å². The van der Waals surface area contributed by atoms with Crippen molar-refractivity contribution >= 4 is 12.1 Å². The second kappa shape index (κ2) is 8.70. The first-order valence-electron chi connectivity index (χ1n) is 9.52. The number of hydrazone groups is 1. The van der Waals surface area contributed by atoms with Gasteiger partial charge in [0.2, 0.25) is 5.91 Å². The van der Waals surface area contributed by atoms with Gasteiger partial charge < -0.3 is 4.57 Å². The van der Waals surface area contributed by atoms with E-state index in [0.717, 1.165) is 28.9 Å². The third-order valence-corrected chi connectivity index (χ3v) is 5.04. The molecule has 4 heteroatoms. The number of hydrogen-bond acceptors (Lipinski definition) is 2. The molecule has 0 aliphatic heterocycles. The zero-order chi connectivity index (χ0) is 20.1. The van der Waals surface area contributed by atoms with Crippen LogP contribution >= 0.6 is 0 Å². The standard InChI is InChI=1S/C24H27N3O/c1-17-10-11-22(18(2)12-17)14-24(28)26-25-15-23-13-19(3)27(20(23)4)16-21-8-6-5-7-9-21/h5-13,15H,14,16H2,1-4H3,(H,26,28)/b25-15+. The van der Waals surface area contributed by atoms with Crippen molar-refractivity contribution in [2.24, 2.45) is 5.10 Å². The van der Waals surface area contributed by atoms with Crippen LogP contribution in [0.1, 0.15) is 39.2 Å². The summed E-state index contributed by atoms with van der Waals surface area (Å²) in [6.45, 7) is 9.07. The van der Waals surface area contributed by atoms with Gasteiger partial charge in [-0.05, 0) is 50.5 Å². The SMILES string of the molecule is Cc1ccc(CC(=O)N/N=C/c2cc(C)n(Cc3ccccc3)c2C)c(C)c1. The van der Waals surface area contributed by atoms with Crippen LogP contribution in [0.3, 0.4) is 0 Å². The van der Waals surface area contributed by atoms with Crippen molar-refractivity contribution in [2.75, 3.05) is 0 Å². The summed E-state index contributed by atoms with van der Waals surface area (Å²) < 4.78 is 2.26. The maximum atomic E-state index is 12.2. The van der Waals surface area contributed by atoms with E-state index >= 15 is 0 Å². The van der Waals surface area contributed by atoms with E-state index in [9.17, 15) is 4.79 Å². The fourth-order valence-corrected chi connectivity index (χ4v) is 3.40. The van der Waals surface area contributed by atoms with Gasteiger partial charge >= 0.3 is 0 Å². The number of amides is 1. The average Bonchev–Trinajstić information content (AvgIpc) is 2.92. The van der Waals surface area contributed by atoms with Crippen molar-refractivity contribution < 1.29 is 4.79 Å². The highest BCUT2D eigenvalue weighted by Gasteiger charge is 2.09. The predicted molar refractivity (Wildman–Crippen MR) is 115 cm³/mol. The summed E-state index contributed by atoms with van der Waals surface area (Å²) >= 11 is 0. The van der Waals surface area contributed by atoms with Crippen LogP contribution in [0.2, 0.25) is 0 Å². The molecule has 0 spiro atoms. The Morgan fingerprint density at radius 1 is 1.04 bits per heavy atom. The summed E-state index contributed by atoms with van der Waals surface area (Å²) in [6, 6.07) is 18.6. The van der Waals surface area contributed by atoms with E-state index in [4.69, 9.17) is 0 Å². The lowest BCUT2D eigenvalue weighted by atomic mass is 10.0. The minimum atomic E-state index is -0.110. The van der Waals surface area contributed by atoms with Crippen molar-refractivity contribution in [2.45, 2.75) is 40.7 Å². The van der Waals surface area contributed by atoms with Crippen LogP contribution in [0.4, 0.5) is 0 Å². The van der Waals surface area contributed by atoms with Gasteiger partial charge in [0, 0.05) is 23.5 Å². The highest BCUT2D eigenvalue weighted by Crippen LogP contribution is 2.16. The summed E-state index contributed by atoms with van der Waals surface area (Å²) in [5.74, 6) is -0.110. The number of aromatic nitrogens is 1. The normalized spacial score (nSPS) is 11.1. The molecule has 0 saturated carbocycles. The number of aryl methyl sites for hydroxylation is 3. The van der Waals surface area contributed by atoms with E-state index in [2.05, 4.69) is 72.3 Å². The molecule has 144 valence electrons. The third-order valence-electron chi connectivity index (χ3n) is 5.04. The van der Waals surface area contributed by atoms with Crippen LogP contribution in [0.25, 0.3) is 0 Å². The lowest BCUT2D eigenvalue weighted by molar-refractivity contribution is -0.120. The number of carbonyl (C=O) groups is 1. The lowest BCUT2D eigenvalue weighted by Crippen LogP contribution is -2.20. The largest absolute Gasteiger partial charge is 0.344 e. The summed E-state index contributed by atoms with van der Waals surface area (Å²) in [5, 5.41) is 4.17. The van der Waals surface area contributed by atoms with E-state index in [-0.39, 0.29) is 5.91 Å². The number of nitrogens with one attached hydrogen (secondary N) is 1. The van der Waals surface area contributed by atoms with Gasteiger partial charge in [-0.1, -0.05) is 54.1 Å². The Hall–Kier alpha value is -3.14. The molecule has 0 radical (unpaired) electrons. The van der Waals surface area contributed by atoms with Gasteiger partial charge in [0.25, 0.3) is 0 Å². The quantitative estimate of drug-likeness (QED) is 0.503. The monoisotopic (exact) mass is 373 g/mol. The first-order chi connectivity index (χ1) is 13.4. The topological polar surface area (TPSA) is 46.4 Å². The van der Waals surface area contributed by atoms with E-state index in [0.29, 0.717) is 6.42 Å². The third kappa shape index (κ3) is 4.77. The van der Waals surface area contributed by atoms with Crippen LogP contribution in [-0.2, 0) is 17.8 Å². The van der Waals surface area contributed by atoms with E-state index in [1.54, 1.807) is 6.21 Å². The molecule has 0 unspecified atom stereocenters. The fraction of sp³-hybridized carbons (Fsp3) is 0.250. The van der Waals surface area contributed by atoms with Gasteiger partial charge in [-0.15, -0.1) is 0 Å². The van der Waals surface area contributed by atoms with Gasteiger partial charge in [-0.3, -0.25) is 4.79 Å². The number of hydrogen-bond donors (Lipinski definition) is 1. The highest BCUT2D eigenvalue weighted by molar-refractivity contribution is 5.84. The first-order valence-corrected chi connectivity index (χ1v) is 9.52. The molecule has 0 atom stereocenters. The molecule has 0 aliphatic rings. The minimum absolute atomic E-state index is 0.110. The summed E-state index contributed by atoms with van der Waals surface area (Å²) in [7, 11) is 0. The second-order valence-corrected chi connectivity index (χ2v) is 7.30. The van der Waals surface area contributed by atoms with Crippen molar-refractivity contribution in [1.82, 2.24) is 9.99 Å². The molecular formula is C24H27N3O. The second-order valence-electron chi connectivity index (χ2n) is 7.30. The molecule has 0 aliphatic carbocycles. The van der Waals surface area contributed by atoms with Crippen LogP contribution < -0.4 is 5.43 Å². The molecule has 28 heavy (non-hydrogen) atoms. The maximum absolute atomic E-state index is 12.2. The molecule has 3 aromatic rings. The van der Waals surface area contributed by atoms with E-state index < -0.39 is 0 Å². The van der Waals surface area contributed by atoms with Gasteiger partial charge in [0.05, 0.1) is 12.6 Å². The van der Waals surface area contributed by atoms with E-state index in [1.165, 1.54) is 16.8 Å². The summed E-state index contributed by atoms with van der Waals surface area (Å²) in [4.78, 5) is 12.2. The minimum Gasteiger partial charge on any atom is -0.344 e. The Morgan fingerprint density at radius 3 is 2.50 bits per heavy atom. The lowest BCUT2D eigenvalue weighted by Gasteiger charge is -2.09. The van der Waals surface area contributed by atoms with Gasteiger partial charge in [-0.2, -0.15) is 5.10 Å². The van der Waals surface area contributed by atoms with Crippen LogP contribution in [0.5, 0.6) is 0 Å². The molecular weight excluding hydrogens is 346 g/mol. The molecule has 1 amide bonds. The Morgan fingerprint density at radius 2 is 1.79 bits per heavy atom. The number of nitrogens with zero attached hydrogens (tertiary/aromatic N) is 2. The van der Waals surface area contributed by atoms with Gasteiger partial charge in [0.1, 0.15) is 0 Å². The Labute approximate surface area is 166 Å². The first kappa shape index (κ1) is 19.6. The maximum Gasteiger partial charge on any atom is 0.244 e. The van der Waals surface area contributed by atoms with Crippen LogP contribution in [0.15, 0.2) is 59.7 Å². The molecule has 1 aromatic heterocycles. The fourth-order valence-electron chi connectivity index (χ4n) is 3.40. The molecule has 2 aromatic carbocycles. The number of benzene rings is 2.